The Kier molecular flexibility index (Phi) is 3.05. The number of hydrogen-bond acceptors (Lipinski definition) is 8. The lowest BCUT2D eigenvalue weighted by Gasteiger charge is -2.14. The van der Waals surface area contributed by atoms with Crippen LogP contribution < -0.4 is 5.73 Å². The first-order valence-corrected chi connectivity index (χ1v) is 6.10. The number of rotatable bonds is 2. The minimum Gasteiger partial charge on any atom is -0.394 e. The molecule has 0 bridgehead atoms. The Balaban J connectivity index is 2.11. The van der Waals surface area contributed by atoms with Crippen LogP contribution in [0.25, 0.3) is 11.0 Å². The Morgan fingerprint density at radius 3 is 2.70 bits per heavy atom. The molecule has 0 amide bonds. The smallest absolute Gasteiger partial charge is 0.155 e. The largest absolute Gasteiger partial charge is 0.394 e. The average molecular weight is 281 g/mol. The molecule has 0 radical (unpaired) electrons. The Morgan fingerprint density at radius 1 is 1.30 bits per heavy atom. The monoisotopic (exact) mass is 281 g/mol. The predicted molar refractivity (Wildman–Crippen MR) is 67.4 cm³/mol. The normalized spacial score (nSPS) is 30.2. The number of nitrogens with zero attached hydrogens (tertiary/aromatic N) is 4. The molecule has 0 aromatic carbocycles. The number of aryl methyl sites for hydroxylation is 1. The van der Waals surface area contributed by atoms with Crippen LogP contribution in [0.5, 0.6) is 0 Å². The average Bonchev–Trinajstić information content (AvgIpc) is 2.90. The van der Waals surface area contributed by atoms with Crippen molar-refractivity contribution in [2.75, 3.05) is 12.3 Å². The van der Waals surface area contributed by atoms with E-state index >= 15 is 0 Å². The van der Waals surface area contributed by atoms with Crippen LogP contribution in [0.2, 0.25) is 0 Å². The zero-order valence-corrected chi connectivity index (χ0v) is 10.7. The standard InChI is InChI=1S/C11H15N5O4/c1-16-7(5-6(15-16)11(12)14-3-13-5)10-9(19)8(18)4(2-17)20-10/h3-4,8-10,17-19H,2H2,1H3,(H2,12,13,14)/t4-,8-,9-,10+/m1/s1. The Labute approximate surface area is 113 Å². The van der Waals surface area contributed by atoms with E-state index < -0.39 is 24.4 Å². The van der Waals surface area contributed by atoms with Gasteiger partial charge in [-0.1, -0.05) is 0 Å². The van der Waals surface area contributed by atoms with E-state index in [0.29, 0.717) is 16.7 Å². The van der Waals surface area contributed by atoms with Gasteiger partial charge in [-0.3, -0.25) is 4.68 Å². The molecule has 5 N–H and O–H groups in total. The number of fused-ring (bicyclic) bond motifs is 1. The lowest BCUT2D eigenvalue weighted by molar-refractivity contribution is -0.0246. The lowest BCUT2D eigenvalue weighted by atomic mass is 10.1. The first-order chi connectivity index (χ1) is 9.54. The highest BCUT2D eigenvalue weighted by atomic mass is 16.6. The molecule has 1 fully saturated rings. The number of aromatic nitrogens is 4. The quantitative estimate of drug-likeness (QED) is 0.500. The molecular formula is C11H15N5O4. The third kappa shape index (κ3) is 1.75. The van der Waals surface area contributed by atoms with E-state index in [1.807, 2.05) is 0 Å². The summed E-state index contributed by atoms with van der Waals surface area (Å²) in [6.07, 6.45) is -2.74. The fourth-order valence-corrected chi connectivity index (χ4v) is 2.48. The van der Waals surface area contributed by atoms with Crippen molar-refractivity contribution in [3.05, 3.63) is 12.0 Å². The second-order valence-corrected chi connectivity index (χ2v) is 4.72. The summed E-state index contributed by atoms with van der Waals surface area (Å²) in [5.41, 5.74) is 7.07. The lowest BCUT2D eigenvalue weighted by Crippen LogP contribution is -2.32. The second kappa shape index (κ2) is 4.63. The van der Waals surface area contributed by atoms with Crippen molar-refractivity contribution in [3.63, 3.8) is 0 Å². The van der Waals surface area contributed by atoms with Gasteiger partial charge < -0.3 is 25.8 Å². The van der Waals surface area contributed by atoms with Crippen molar-refractivity contribution in [1.29, 1.82) is 0 Å². The van der Waals surface area contributed by atoms with Gasteiger partial charge in [0.05, 0.1) is 12.3 Å². The summed E-state index contributed by atoms with van der Waals surface area (Å²) in [4.78, 5) is 7.96. The summed E-state index contributed by atoms with van der Waals surface area (Å²) in [6, 6.07) is 0. The number of ether oxygens (including phenoxy) is 1. The molecule has 9 heteroatoms. The maximum atomic E-state index is 10.1. The van der Waals surface area contributed by atoms with E-state index in [4.69, 9.17) is 15.6 Å². The Hall–Kier alpha value is -1.81. The molecule has 3 rings (SSSR count). The van der Waals surface area contributed by atoms with Gasteiger partial charge in [0.15, 0.2) is 11.3 Å². The van der Waals surface area contributed by atoms with Crippen LogP contribution in [0.15, 0.2) is 6.33 Å². The van der Waals surface area contributed by atoms with Gasteiger partial charge >= 0.3 is 0 Å². The van der Waals surface area contributed by atoms with Crippen molar-refractivity contribution in [2.24, 2.45) is 7.05 Å². The van der Waals surface area contributed by atoms with Crippen LogP contribution >= 0.6 is 0 Å². The number of anilines is 1. The molecule has 20 heavy (non-hydrogen) atoms. The Bertz CT molecular complexity index is 645. The predicted octanol–water partition coefficient (Wildman–Crippen LogP) is -1.90. The third-order valence-electron chi connectivity index (χ3n) is 3.50. The number of aliphatic hydroxyl groups excluding tert-OH is 3. The van der Waals surface area contributed by atoms with Crippen LogP contribution in [-0.2, 0) is 11.8 Å². The number of aliphatic hydroxyl groups is 3. The molecular weight excluding hydrogens is 266 g/mol. The van der Waals surface area contributed by atoms with E-state index in [2.05, 4.69) is 15.1 Å². The number of nitrogens with two attached hydrogens (primary N) is 1. The fraction of sp³-hybridized carbons (Fsp3) is 0.545. The van der Waals surface area contributed by atoms with Gasteiger partial charge in [0.1, 0.15) is 36.3 Å². The van der Waals surface area contributed by atoms with Crippen molar-refractivity contribution in [1.82, 2.24) is 19.7 Å². The molecule has 0 aliphatic carbocycles. The maximum Gasteiger partial charge on any atom is 0.155 e. The van der Waals surface area contributed by atoms with Crippen LogP contribution in [0.3, 0.4) is 0 Å². The van der Waals surface area contributed by atoms with Gasteiger partial charge in [-0.2, -0.15) is 5.10 Å². The zero-order valence-electron chi connectivity index (χ0n) is 10.7. The van der Waals surface area contributed by atoms with E-state index in [0.717, 1.165) is 0 Å². The van der Waals surface area contributed by atoms with Crippen LogP contribution in [-0.4, -0.2) is 60.0 Å². The van der Waals surface area contributed by atoms with Crippen molar-refractivity contribution in [3.8, 4) is 0 Å². The van der Waals surface area contributed by atoms with E-state index in [1.165, 1.54) is 11.0 Å². The van der Waals surface area contributed by atoms with Crippen LogP contribution in [0.1, 0.15) is 11.8 Å². The minimum atomic E-state index is -1.18. The van der Waals surface area contributed by atoms with E-state index in [1.54, 1.807) is 7.05 Å². The van der Waals surface area contributed by atoms with E-state index in [9.17, 15) is 10.2 Å². The maximum absolute atomic E-state index is 10.1. The third-order valence-corrected chi connectivity index (χ3v) is 3.50. The molecule has 0 saturated carbocycles. The van der Waals surface area contributed by atoms with Gasteiger partial charge in [0.2, 0.25) is 0 Å². The summed E-state index contributed by atoms with van der Waals surface area (Å²) in [6.45, 7) is -0.387. The van der Waals surface area contributed by atoms with Gasteiger partial charge in [0, 0.05) is 7.05 Å². The summed E-state index contributed by atoms with van der Waals surface area (Å²) in [7, 11) is 1.66. The molecule has 2 aromatic rings. The van der Waals surface area contributed by atoms with Gasteiger partial charge in [-0.25, -0.2) is 9.97 Å². The molecule has 4 atom stereocenters. The second-order valence-electron chi connectivity index (χ2n) is 4.72. The number of nitrogen functional groups attached to an aromatic ring is 1. The first-order valence-electron chi connectivity index (χ1n) is 6.10. The molecule has 108 valence electrons. The van der Waals surface area contributed by atoms with Gasteiger partial charge in [-0.15, -0.1) is 0 Å². The summed E-state index contributed by atoms with van der Waals surface area (Å²) < 4.78 is 6.98. The van der Waals surface area contributed by atoms with Gasteiger partial charge in [-0.05, 0) is 0 Å². The SMILES string of the molecule is Cn1nc2c(N)ncnc2c1[C@@H]1O[C@H](CO)[C@@H](O)[C@H]1O. The molecule has 1 saturated heterocycles. The van der Waals surface area contributed by atoms with E-state index in [-0.39, 0.29) is 12.4 Å². The van der Waals surface area contributed by atoms with Crippen LogP contribution in [0.4, 0.5) is 5.82 Å². The topological polar surface area (TPSA) is 140 Å². The highest BCUT2D eigenvalue weighted by Gasteiger charge is 2.45. The molecule has 9 nitrogen and oxygen atoms in total. The van der Waals surface area contributed by atoms with Crippen LogP contribution in [0, 0.1) is 0 Å². The highest BCUT2D eigenvalue weighted by molar-refractivity contribution is 5.86. The first kappa shape index (κ1) is 13.2. The summed E-state index contributed by atoms with van der Waals surface area (Å²) >= 11 is 0. The molecule has 1 aliphatic heterocycles. The number of hydrogen-bond donors (Lipinski definition) is 4. The molecule has 0 spiro atoms. The Morgan fingerprint density at radius 2 is 2.05 bits per heavy atom. The summed E-state index contributed by atoms with van der Waals surface area (Å²) in [5.74, 6) is 0.226. The molecule has 0 unspecified atom stereocenters. The molecule has 2 aromatic heterocycles. The van der Waals surface area contributed by atoms with Crippen molar-refractivity contribution in [2.45, 2.75) is 24.4 Å². The molecule has 3 heterocycles. The van der Waals surface area contributed by atoms with Gasteiger partial charge in [0.25, 0.3) is 0 Å². The van der Waals surface area contributed by atoms with Crippen molar-refractivity contribution >= 4 is 16.9 Å². The minimum absolute atomic E-state index is 0.226. The summed E-state index contributed by atoms with van der Waals surface area (Å²) in [5, 5.41) is 33.2. The van der Waals surface area contributed by atoms with Crippen molar-refractivity contribution < 1.29 is 20.1 Å². The zero-order chi connectivity index (χ0) is 14.4. The molecule has 1 aliphatic rings. The highest BCUT2D eigenvalue weighted by Crippen LogP contribution is 2.36. The fourth-order valence-electron chi connectivity index (χ4n) is 2.48.